The summed E-state index contributed by atoms with van der Waals surface area (Å²) < 4.78 is 12.1. The lowest BCUT2D eigenvalue weighted by molar-refractivity contribution is 0.00325. The number of hydrogen-bond donors (Lipinski definition) is 1. The molecule has 0 bridgehead atoms. The molecule has 0 aromatic carbocycles. The van der Waals surface area contributed by atoms with E-state index in [9.17, 15) is 4.79 Å². The number of H-pyrrole nitrogens is 1. The Morgan fingerprint density at radius 3 is 2.93 bits per heavy atom. The number of methoxy groups -OCH3 is 1. The zero-order valence-electron chi connectivity index (χ0n) is 15.0. The maximum atomic E-state index is 13.0. The Hall–Kier alpha value is -3.27. The summed E-state index contributed by atoms with van der Waals surface area (Å²) in [6.07, 6.45) is 3.21. The third-order valence-corrected chi connectivity index (χ3v) is 4.41. The second kappa shape index (κ2) is 7.16. The predicted octanol–water partition coefficient (Wildman–Crippen LogP) is 0.922. The van der Waals surface area contributed by atoms with E-state index in [2.05, 4.69) is 25.5 Å². The maximum absolute atomic E-state index is 13.0. The van der Waals surface area contributed by atoms with Crippen molar-refractivity contribution in [2.45, 2.75) is 13.0 Å². The number of nitrogens with one attached hydrogen (secondary N) is 1. The average Bonchev–Trinajstić information content (AvgIpc) is 3.37. The Labute approximate surface area is 155 Å². The molecule has 4 rings (SSSR count). The van der Waals surface area contributed by atoms with Crippen LogP contribution in [0.25, 0.3) is 17.1 Å². The second-order valence-corrected chi connectivity index (χ2v) is 6.16. The van der Waals surface area contributed by atoms with Gasteiger partial charge in [-0.25, -0.2) is 9.67 Å². The summed E-state index contributed by atoms with van der Waals surface area (Å²) in [6.45, 7) is 3.54. The van der Waals surface area contributed by atoms with Crippen molar-refractivity contribution in [1.82, 2.24) is 35.1 Å². The van der Waals surface area contributed by atoms with Gasteiger partial charge in [0.15, 0.2) is 5.69 Å². The van der Waals surface area contributed by atoms with E-state index in [-0.39, 0.29) is 11.9 Å². The molecule has 1 aliphatic heterocycles. The Kier molecular flexibility index (Phi) is 4.55. The molecular weight excluding hydrogens is 350 g/mol. The zero-order chi connectivity index (χ0) is 18.8. The van der Waals surface area contributed by atoms with Crippen molar-refractivity contribution in [2.75, 3.05) is 26.9 Å². The summed E-state index contributed by atoms with van der Waals surface area (Å²) in [5, 5.41) is 15.1. The van der Waals surface area contributed by atoms with E-state index in [1.165, 1.54) is 0 Å². The van der Waals surface area contributed by atoms with Gasteiger partial charge in [0.25, 0.3) is 5.91 Å². The molecule has 0 spiro atoms. The number of morpholine rings is 1. The molecule has 1 fully saturated rings. The van der Waals surface area contributed by atoms with Crippen LogP contribution in [0.1, 0.15) is 17.4 Å². The zero-order valence-corrected chi connectivity index (χ0v) is 15.0. The summed E-state index contributed by atoms with van der Waals surface area (Å²) in [6, 6.07) is 5.25. The Bertz CT molecular complexity index is 921. The van der Waals surface area contributed by atoms with Gasteiger partial charge in [0.05, 0.1) is 50.1 Å². The van der Waals surface area contributed by atoms with Crippen LogP contribution in [0.4, 0.5) is 0 Å². The molecule has 3 aromatic rings. The first kappa shape index (κ1) is 17.2. The molecule has 1 atom stereocenters. The summed E-state index contributed by atoms with van der Waals surface area (Å²) in [4.78, 5) is 19.0. The molecular formula is C17H19N7O3. The van der Waals surface area contributed by atoms with E-state index >= 15 is 0 Å². The summed E-state index contributed by atoms with van der Waals surface area (Å²) >= 11 is 0. The van der Waals surface area contributed by atoms with Crippen molar-refractivity contribution in [1.29, 1.82) is 0 Å². The highest BCUT2D eigenvalue weighted by Gasteiger charge is 2.28. The normalized spacial score (nSPS) is 17.1. The lowest BCUT2D eigenvalue weighted by atomic mass is 10.2. The first-order chi connectivity index (χ1) is 13.2. The van der Waals surface area contributed by atoms with Crippen molar-refractivity contribution in [3.63, 3.8) is 0 Å². The fourth-order valence-corrected chi connectivity index (χ4v) is 2.98. The predicted molar refractivity (Wildman–Crippen MR) is 94.6 cm³/mol. The van der Waals surface area contributed by atoms with E-state index in [1.54, 1.807) is 41.2 Å². The third kappa shape index (κ3) is 3.26. The largest absolute Gasteiger partial charge is 0.481 e. The van der Waals surface area contributed by atoms with E-state index in [0.717, 1.165) is 0 Å². The number of amides is 1. The minimum Gasteiger partial charge on any atom is -0.481 e. The van der Waals surface area contributed by atoms with Crippen molar-refractivity contribution in [3.05, 3.63) is 36.3 Å². The van der Waals surface area contributed by atoms with Gasteiger partial charge in [-0.15, -0.1) is 0 Å². The highest BCUT2D eigenvalue weighted by Crippen LogP contribution is 2.23. The standard InChI is InChI=1S/C17H19N7O3/c1-11-10-27-6-5-23(11)17(25)13-7-15(14-9-19-22-20-14)24(21-13)12-3-4-16(26-2)18-8-12/h3-4,7-9,11H,5-6,10H2,1-2H3,(H,19,20,22). The number of aromatic amines is 1. The number of carbonyl (C=O) groups is 1. The third-order valence-electron chi connectivity index (χ3n) is 4.41. The smallest absolute Gasteiger partial charge is 0.274 e. The molecule has 27 heavy (non-hydrogen) atoms. The molecule has 1 unspecified atom stereocenters. The molecule has 10 nitrogen and oxygen atoms in total. The van der Waals surface area contributed by atoms with Crippen molar-refractivity contribution >= 4 is 5.91 Å². The number of hydrogen-bond acceptors (Lipinski definition) is 7. The lowest BCUT2D eigenvalue weighted by Gasteiger charge is -2.32. The molecule has 140 valence electrons. The van der Waals surface area contributed by atoms with Crippen LogP contribution in [0.15, 0.2) is 30.6 Å². The fourth-order valence-electron chi connectivity index (χ4n) is 2.98. The van der Waals surface area contributed by atoms with Gasteiger partial charge in [0.2, 0.25) is 5.88 Å². The van der Waals surface area contributed by atoms with E-state index in [1.807, 2.05) is 13.0 Å². The molecule has 0 radical (unpaired) electrons. The summed E-state index contributed by atoms with van der Waals surface area (Å²) in [7, 11) is 1.55. The van der Waals surface area contributed by atoms with Gasteiger partial charge >= 0.3 is 0 Å². The molecule has 4 heterocycles. The molecule has 0 saturated carbocycles. The number of ether oxygens (including phenoxy) is 2. The highest BCUT2D eigenvalue weighted by molar-refractivity contribution is 5.93. The van der Waals surface area contributed by atoms with E-state index in [4.69, 9.17) is 9.47 Å². The average molecular weight is 369 g/mol. The monoisotopic (exact) mass is 369 g/mol. The molecule has 3 aromatic heterocycles. The van der Waals surface area contributed by atoms with Crippen LogP contribution in [-0.4, -0.2) is 73.9 Å². The molecule has 1 N–H and O–H groups in total. The van der Waals surface area contributed by atoms with Crippen LogP contribution in [-0.2, 0) is 4.74 Å². The molecule has 1 saturated heterocycles. The first-order valence-corrected chi connectivity index (χ1v) is 8.52. The Morgan fingerprint density at radius 2 is 2.26 bits per heavy atom. The van der Waals surface area contributed by atoms with Crippen LogP contribution in [0.2, 0.25) is 0 Å². The van der Waals surface area contributed by atoms with Gasteiger partial charge in [0.1, 0.15) is 5.69 Å². The van der Waals surface area contributed by atoms with Gasteiger partial charge in [0, 0.05) is 12.6 Å². The van der Waals surface area contributed by atoms with E-state index < -0.39 is 0 Å². The number of aromatic nitrogens is 6. The van der Waals surface area contributed by atoms with Gasteiger partial charge in [-0.3, -0.25) is 4.79 Å². The van der Waals surface area contributed by atoms with Crippen molar-refractivity contribution in [3.8, 4) is 23.0 Å². The summed E-state index contributed by atoms with van der Waals surface area (Å²) in [5.74, 6) is 0.350. The van der Waals surface area contributed by atoms with Gasteiger partial charge in [-0.1, -0.05) is 0 Å². The number of carbonyl (C=O) groups excluding carboxylic acids is 1. The second-order valence-electron chi connectivity index (χ2n) is 6.16. The fraction of sp³-hybridized carbons (Fsp3) is 0.353. The van der Waals surface area contributed by atoms with Crippen LogP contribution in [0, 0.1) is 0 Å². The maximum Gasteiger partial charge on any atom is 0.274 e. The molecule has 10 heteroatoms. The van der Waals surface area contributed by atoms with Gasteiger partial charge < -0.3 is 14.4 Å². The number of rotatable bonds is 4. The highest BCUT2D eigenvalue weighted by atomic mass is 16.5. The molecule has 1 aliphatic rings. The van der Waals surface area contributed by atoms with Crippen LogP contribution in [0.5, 0.6) is 5.88 Å². The minimum absolute atomic E-state index is 0.00504. The Balaban J connectivity index is 1.74. The first-order valence-electron chi connectivity index (χ1n) is 8.52. The quantitative estimate of drug-likeness (QED) is 0.728. The van der Waals surface area contributed by atoms with Crippen LogP contribution < -0.4 is 4.74 Å². The van der Waals surface area contributed by atoms with E-state index in [0.29, 0.717) is 48.4 Å². The minimum atomic E-state index is -0.143. The Morgan fingerprint density at radius 1 is 1.37 bits per heavy atom. The topological polar surface area (TPSA) is 111 Å². The molecule has 0 aliphatic carbocycles. The summed E-state index contributed by atoms with van der Waals surface area (Å²) in [5.41, 5.74) is 2.23. The number of pyridine rings is 1. The van der Waals surface area contributed by atoms with Crippen LogP contribution in [0.3, 0.4) is 0 Å². The van der Waals surface area contributed by atoms with Crippen molar-refractivity contribution in [2.24, 2.45) is 0 Å². The molecule has 1 amide bonds. The van der Waals surface area contributed by atoms with Crippen LogP contribution >= 0.6 is 0 Å². The lowest BCUT2D eigenvalue weighted by Crippen LogP contribution is -2.47. The van der Waals surface area contributed by atoms with Gasteiger partial charge in [-0.2, -0.15) is 20.5 Å². The van der Waals surface area contributed by atoms with Gasteiger partial charge in [-0.05, 0) is 19.1 Å². The van der Waals surface area contributed by atoms with Crippen molar-refractivity contribution < 1.29 is 14.3 Å². The number of nitrogens with zero attached hydrogens (tertiary/aromatic N) is 6. The SMILES string of the molecule is COc1ccc(-n2nc(C(=O)N3CCOCC3C)cc2-c2cn[nH]n2)cn1.